The van der Waals surface area contributed by atoms with Gasteiger partial charge in [0, 0.05) is 17.4 Å². The summed E-state index contributed by atoms with van der Waals surface area (Å²) >= 11 is 0. The maximum Gasteiger partial charge on any atom is 0.234 e. The summed E-state index contributed by atoms with van der Waals surface area (Å²) < 4.78 is 23.5. The maximum atomic E-state index is 11.7. The van der Waals surface area contributed by atoms with Gasteiger partial charge in [0.15, 0.2) is 9.84 Å². The lowest BCUT2D eigenvalue weighted by atomic mass is 10.0. The van der Waals surface area contributed by atoms with Crippen molar-refractivity contribution < 1.29 is 13.2 Å². The Kier molecular flexibility index (Phi) is 3.30. The third kappa shape index (κ3) is 2.33. The molecule has 0 aromatic heterocycles. The largest absolute Gasteiger partial charge is 0.285 e. The van der Waals surface area contributed by atoms with E-state index >= 15 is 0 Å². The molecule has 0 bridgehead atoms. The molecule has 2 rings (SSSR count). The van der Waals surface area contributed by atoms with Crippen LogP contribution in [0.15, 0.2) is 53.4 Å². The Balaban J connectivity index is 2.76. The van der Waals surface area contributed by atoms with Gasteiger partial charge in [0.1, 0.15) is 0 Å². The Bertz CT molecular complexity index is 688. The van der Waals surface area contributed by atoms with Crippen LogP contribution in [0.25, 0.3) is 11.1 Å². The van der Waals surface area contributed by atoms with Crippen molar-refractivity contribution in [3.05, 3.63) is 54.1 Å². The zero-order valence-electron chi connectivity index (χ0n) is 9.75. The van der Waals surface area contributed by atoms with Gasteiger partial charge in [-0.2, -0.15) is 0 Å². The molecule has 0 saturated heterocycles. The van der Waals surface area contributed by atoms with Crippen molar-refractivity contribution in [1.82, 2.24) is 0 Å². The second kappa shape index (κ2) is 4.74. The van der Waals surface area contributed by atoms with Crippen LogP contribution in [0.2, 0.25) is 0 Å². The van der Waals surface area contributed by atoms with E-state index in [4.69, 9.17) is 0 Å². The second-order valence-electron chi connectivity index (χ2n) is 3.92. The van der Waals surface area contributed by atoms with E-state index in [9.17, 15) is 13.2 Å². The van der Waals surface area contributed by atoms with Crippen molar-refractivity contribution in [2.24, 2.45) is 0 Å². The van der Waals surface area contributed by atoms with Crippen LogP contribution in [0.4, 0.5) is 0 Å². The number of benzene rings is 2. The number of hydrogen-bond acceptors (Lipinski definition) is 3. The summed E-state index contributed by atoms with van der Waals surface area (Å²) in [6, 6.07) is 13.4. The second-order valence-corrected chi connectivity index (χ2v) is 5.90. The van der Waals surface area contributed by atoms with Crippen molar-refractivity contribution >= 4 is 16.1 Å². The predicted molar refractivity (Wildman–Crippen MR) is 69.8 cm³/mol. The van der Waals surface area contributed by atoms with E-state index in [2.05, 4.69) is 0 Å². The molecular formula is C14H11O3S. The van der Waals surface area contributed by atoms with Crippen molar-refractivity contribution in [1.29, 1.82) is 0 Å². The van der Waals surface area contributed by atoms with Crippen LogP contribution in [0.1, 0.15) is 5.56 Å². The van der Waals surface area contributed by atoms with E-state index in [-0.39, 0.29) is 4.90 Å². The minimum Gasteiger partial charge on any atom is -0.285 e. The zero-order chi connectivity index (χ0) is 13.2. The first-order valence-electron chi connectivity index (χ1n) is 5.30. The summed E-state index contributed by atoms with van der Waals surface area (Å²) in [5.41, 5.74) is 1.46. The van der Waals surface area contributed by atoms with E-state index in [1.807, 2.05) is 6.29 Å². The van der Waals surface area contributed by atoms with Gasteiger partial charge in [0.25, 0.3) is 0 Å². The summed E-state index contributed by atoms with van der Waals surface area (Å²) in [4.78, 5) is 11.1. The average Bonchev–Trinajstić information content (AvgIpc) is 2.37. The van der Waals surface area contributed by atoms with Crippen molar-refractivity contribution in [3.63, 3.8) is 0 Å². The normalized spacial score (nSPS) is 11.2. The fourth-order valence-electron chi connectivity index (χ4n) is 1.82. The van der Waals surface area contributed by atoms with Crippen LogP contribution in [-0.4, -0.2) is 21.0 Å². The Labute approximate surface area is 106 Å². The van der Waals surface area contributed by atoms with Crippen LogP contribution in [0.3, 0.4) is 0 Å². The summed E-state index contributed by atoms with van der Waals surface area (Å²) in [6.07, 6.45) is 2.98. The molecule has 4 heteroatoms. The molecule has 0 fully saturated rings. The van der Waals surface area contributed by atoms with Crippen molar-refractivity contribution in [3.8, 4) is 11.1 Å². The highest BCUT2D eigenvalue weighted by molar-refractivity contribution is 7.90. The smallest absolute Gasteiger partial charge is 0.234 e. The Morgan fingerprint density at radius 1 is 0.889 bits per heavy atom. The van der Waals surface area contributed by atoms with Crippen LogP contribution >= 0.6 is 0 Å². The standard InChI is InChI=1S/C14H11O3S/c1-18(16,17)14-9-5-4-8-13(14)12-7-3-2-6-11(12)10-15/h2-9H,1H3. The summed E-state index contributed by atoms with van der Waals surface area (Å²) in [7, 11) is -3.34. The molecule has 0 atom stereocenters. The Hall–Kier alpha value is -1.94. The van der Waals surface area contributed by atoms with E-state index in [0.717, 1.165) is 6.26 Å². The lowest BCUT2D eigenvalue weighted by molar-refractivity contribution is 0.563. The van der Waals surface area contributed by atoms with E-state index in [0.29, 0.717) is 16.7 Å². The molecular weight excluding hydrogens is 248 g/mol. The van der Waals surface area contributed by atoms with Crippen molar-refractivity contribution in [2.45, 2.75) is 4.90 Å². The van der Waals surface area contributed by atoms with E-state index in [1.54, 1.807) is 42.5 Å². The van der Waals surface area contributed by atoms with E-state index in [1.165, 1.54) is 6.07 Å². The Morgan fingerprint density at radius 2 is 1.44 bits per heavy atom. The van der Waals surface area contributed by atoms with Gasteiger partial charge < -0.3 is 0 Å². The first kappa shape index (κ1) is 12.5. The zero-order valence-corrected chi connectivity index (χ0v) is 10.6. The number of sulfone groups is 1. The fraction of sp³-hybridized carbons (Fsp3) is 0.0714. The Morgan fingerprint density at radius 3 is 2.06 bits per heavy atom. The van der Waals surface area contributed by atoms with Gasteiger partial charge in [-0.3, -0.25) is 4.79 Å². The van der Waals surface area contributed by atoms with Crippen molar-refractivity contribution in [2.75, 3.05) is 6.26 Å². The average molecular weight is 259 g/mol. The number of carbonyl (C=O) groups excluding carboxylic acids is 1. The van der Waals surface area contributed by atoms with E-state index < -0.39 is 9.84 Å². The molecule has 0 unspecified atom stereocenters. The molecule has 0 N–H and O–H groups in total. The lowest BCUT2D eigenvalue weighted by Gasteiger charge is -2.09. The SMILES string of the molecule is CS(=O)(=O)c1ccccc1-c1ccccc1[C]=O. The number of rotatable bonds is 3. The third-order valence-electron chi connectivity index (χ3n) is 2.61. The number of hydrogen-bond donors (Lipinski definition) is 0. The monoisotopic (exact) mass is 259 g/mol. The topological polar surface area (TPSA) is 51.2 Å². The molecule has 0 spiro atoms. The molecule has 1 radical (unpaired) electrons. The van der Waals surface area contributed by atoms with Crippen LogP contribution in [0.5, 0.6) is 0 Å². The molecule has 18 heavy (non-hydrogen) atoms. The minimum atomic E-state index is -3.34. The van der Waals surface area contributed by atoms with Gasteiger partial charge in [-0.15, -0.1) is 0 Å². The predicted octanol–water partition coefficient (Wildman–Crippen LogP) is 2.21. The molecule has 91 valence electrons. The molecule has 0 aliphatic heterocycles. The maximum absolute atomic E-state index is 11.7. The van der Waals surface area contributed by atoms with Gasteiger partial charge >= 0.3 is 0 Å². The highest BCUT2D eigenvalue weighted by Crippen LogP contribution is 2.29. The quantitative estimate of drug-likeness (QED) is 0.849. The van der Waals surface area contributed by atoms with Crippen LogP contribution in [0, 0.1) is 0 Å². The minimum absolute atomic E-state index is 0.215. The molecule has 0 amide bonds. The van der Waals surface area contributed by atoms with Crippen LogP contribution in [-0.2, 0) is 14.6 Å². The summed E-state index contributed by atoms with van der Waals surface area (Å²) in [6.45, 7) is 0. The summed E-state index contributed by atoms with van der Waals surface area (Å²) in [5, 5.41) is 0. The van der Waals surface area contributed by atoms with Gasteiger partial charge in [0.05, 0.1) is 4.90 Å². The first-order valence-corrected chi connectivity index (χ1v) is 7.20. The van der Waals surface area contributed by atoms with Gasteiger partial charge in [-0.25, -0.2) is 8.42 Å². The molecule has 0 saturated carbocycles. The fourth-order valence-corrected chi connectivity index (χ4v) is 2.72. The lowest BCUT2D eigenvalue weighted by Crippen LogP contribution is -2.00. The van der Waals surface area contributed by atoms with Gasteiger partial charge in [0.2, 0.25) is 6.29 Å². The highest BCUT2D eigenvalue weighted by atomic mass is 32.2. The molecule has 2 aromatic rings. The summed E-state index contributed by atoms with van der Waals surface area (Å²) in [5.74, 6) is 0. The molecule has 2 aromatic carbocycles. The molecule has 0 aliphatic rings. The van der Waals surface area contributed by atoms with Crippen LogP contribution < -0.4 is 0 Å². The van der Waals surface area contributed by atoms with Gasteiger partial charge in [-0.05, 0) is 11.6 Å². The van der Waals surface area contributed by atoms with Gasteiger partial charge in [-0.1, -0.05) is 42.5 Å². The highest BCUT2D eigenvalue weighted by Gasteiger charge is 2.15. The molecule has 0 aliphatic carbocycles. The first-order chi connectivity index (χ1) is 8.54. The molecule has 3 nitrogen and oxygen atoms in total. The molecule has 0 heterocycles. The third-order valence-corrected chi connectivity index (χ3v) is 3.77.